The van der Waals surface area contributed by atoms with Gasteiger partial charge in [-0.15, -0.1) is 10.2 Å². The molecular formula is C12H15F2N5O3S. The molecule has 1 aromatic rings. The van der Waals surface area contributed by atoms with Gasteiger partial charge in [-0.3, -0.25) is 10.1 Å². The molecule has 8 nitrogen and oxygen atoms in total. The number of β-amino-alcohol motifs (C(OH)–C–C–N with tert-alkyl or cyclic N) is 1. The van der Waals surface area contributed by atoms with Crippen LogP contribution >= 0.6 is 11.3 Å². The fraction of sp³-hybridized carbons (Fsp3) is 0.667. The van der Waals surface area contributed by atoms with Gasteiger partial charge in [-0.1, -0.05) is 11.3 Å². The van der Waals surface area contributed by atoms with Crippen LogP contribution in [-0.4, -0.2) is 56.8 Å². The molecule has 1 saturated carbocycles. The molecule has 0 radical (unpaired) electrons. The third-order valence-corrected chi connectivity index (χ3v) is 5.01. The molecule has 1 unspecified atom stereocenters. The van der Waals surface area contributed by atoms with Crippen LogP contribution in [0.4, 0.5) is 18.7 Å². The van der Waals surface area contributed by atoms with Crippen molar-refractivity contribution in [3.05, 3.63) is 5.01 Å². The average molecular weight is 347 g/mol. The standard InChI is InChI=1S/C12H15F2N5O3S/c13-12(14,8(15)20)11(22)3-4-19(5-11)10(21)16-9-18-17-7(23-9)6-1-2-6/h6,22H,1-5H2,(H2,15,20)(H,16,18,21). The zero-order valence-electron chi connectivity index (χ0n) is 12.0. The van der Waals surface area contributed by atoms with Crippen molar-refractivity contribution in [1.82, 2.24) is 15.1 Å². The highest BCUT2D eigenvalue weighted by molar-refractivity contribution is 7.15. The number of rotatable bonds is 4. The first-order chi connectivity index (χ1) is 10.7. The lowest BCUT2D eigenvalue weighted by Gasteiger charge is -2.29. The monoisotopic (exact) mass is 347 g/mol. The van der Waals surface area contributed by atoms with Gasteiger partial charge in [0, 0.05) is 18.9 Å². The molecule has 0 aromatic carbocycles. The molecular weight excluding hydrogens is 332 g/mol. The van der Waals surface area contributed by atoms with E-state index < -0.39 is 36.4 Å². The number of alkyl halides is 2. The number of carbonyl (C=O) groups excluding carboxylic acids is 2. The number of halogens is 2. The molecule has 4 N–H and O–H groups in total. The molecule has 1 aliphatic heterocycles. The van der Waals surface area contributed by atoms with E-state index in [0.29, 0.717) is 5.92 Å². The third-order valence-electron chi connectivity index (χ3n) is 4.01. The number of hydrogen-bond donors (Lipinski definition) is 3. The van der Waals surface area contributed by atoms with E-state index in [4.69, 9.17) is 0 Å². The number of aliphatic hydroxyl groups is 1. The van der Waals surface area contributed by atoms with Crippen LogP contribution in [-0.2, 0) is 4.79 Å². The van der Waals surface area contributed by atoms with Crippen LogP contribution in [0.15, 0.2) is 0 Å². The fourth-order valence-electron chi connectivity index (χ4n) is 2.40. The normalized spacial score (nSPS) is 24.7. The Morgan fingerprint density at radius 2 is 2.13 bits per heavy atom. The minimum absolute atomic E-state index is 0.126. The number of anilines is 1. The first-order valence-electron chi connectivity index (χ1n) is 7.02. The summed E-state index contributed by atoms with van der Waals surface area (Å²) in [7, 11) is 0. The largest absolute Gasteiger partial charge is 0.381 e. The molecule has 23 heavy (non-hydrogen) atoms. The predicted octanol–water partition coefficient (Wildman–Crippen LogP) is 0.505. The van der Waals surface area contributed by atoms with Gasteiger partial charge < -0.3 is 15.7 Å². The Balaban J connectivity index is 1.63. The van der Waals surface area contributed by atoms with Crippen LogP contribution in [0.25, 0.3) is 0 Å². The maximum atomic E-state index is 13.7. The van der Waals surface area contributed by atoms with Crippen molar-refractivity contribution >= 4 is 28.4 Å². The summed E-state index contributed by atoms with van der Waals surface area (Å²) in [4.78, 5) is 23.9. The molecule has 3 amide bonds. The van der Waals surface area contributed by atoms with Gasteiger partial charge in [0.05, 0.1) is 6.54 Å². The number of urea groups is 1. The number of hydrogen-bond acceptors (Lipinski definition) is 6. The SMILES string of the molecule is NC(=O)C(F)(F)C1(O)CCN(C(=O)Nc2nnc(C3CC3)s2)C1. The summed E-state index contributed by atoms with van der Waals surface area (Å²) >= 11 is 1.24. The third kappa shape index (κ3) is 2.85. The minimum atomic E-state index is -4.11. The maximum absolute atomic E-state index is 13.7. The van der Waals surface area contributed by atoms with Crippen LogP contribution in [0.2, 0.25) is 0 Å². The number of nitrogens with one attached hydrogen (secondary N) is 1. The zero-order valence-corrected chi connectivity index (χ0v) is 12.8. The van der Waals surface area contributed by atoms with E-state index in [9.17, 15) is 23.5 Å². The van der Waals surface area contributed by atoms with Crippen LogP contribution in [0, 0.1) is 0 Å². The number of amides is 3. The van der Waals surface area contributed by atoms with Gasteiger partial charge in [0.15, 0.2) is 5.60 Å². The first kappa shape index (κ1) is 16.0. The average Bonchev–Trinajstić information content (AvgIpc) is 3.09. The Morgan fingerprint density at radius 1 is 1.43 bits per heavy atom. The molecule has 1 aromatic heterocycles. The summed E-state index contributed by atoms with van der Waals surface area (Å²) in [6.07, 6.45) is 1.65. The molecule has 2 fully saturated rings. The van der Waals surface area contributed by atoms with Gasteiger partial charge in [0.1, 0.15) is 5.01 Å². The van der Waals surface area contributed by atoms with Crippen molar-refractivity contribution in [3.8, 4) is 0 Å². The molecule has 0 spiro atoms. The van der Waals surface area contributed by atoms with Gasteiger partial charge in [-0.25, -0.2) is 4.79 Å². The lowest BCUT2D eigenvalue weighted by atomic mass is 9.94. The number of primary amides is 1. The van der Waals surface area contributed by atoms with E-state index in [1.807, 2.05) is 0 Å². The van der Waals surface area contributed by atoms with E-state index >= 15 is 0 Å². The van der Waals surface area contributed by atoms with Crippen molar-refractivity contribution in [2.75, 3.05) is 18.4 Å². The second kappa shape index (κ2) is 5.34. The van der Waals surface area contributed by atoms with Gasteiger partial charge in [-0.05, 0) is 12.8 Å². The van der Waals surface area contributed by atoms with Crippen molar-refractivity contribution in [1.29, 1.82) is 0 Å². The van der Waals surface area contributed by atoms with Crippen molar-refractivity contribution < 1.29 is 23.5 Å². The Hall–Kier alpha value is -1.88. The number of carbonyl (C=O) groups is 2. The minimum Gasteiger partial charge on any atom is -0.381 e. The summed E-state index contributed by atoms with van der Waals surface area (Å²) in [5, 5.41) is 21.3. The van der Waals surface area contributed by atoms with Crippen LogP contribution in [0.5, 0.6) is 0 Å². The highest BCUT2D eigenvalue weighted by Gasteiger charge is 2.60. The fourth-order valence-corrected chi connectivity index (χ4v) is 3.31. The van der Waals surface area contributed by atoms with Crippen LogP contribution in [0.3, 0.4) is 0 Å². The molecule has 1 saturated heterocycles. The van der Waals surface area contributed by atoms with E-state index in [0.717, 1.165) is 22.7 Å². The van der Waals surface area contributed by atoms with E-state index in [-0.39, 0.29) is 11.7 Å². The highest BCUT2D eigenvalue weighted by atomic mass is 32.1. The molecule has 0 bridgehead atoms. The van der Waals surface area contributed by atoms with Gasteiger partial charge in [0.2, 0.25) is 5.13 Å². The summed E-state index contributed by atoms with van der Waals surface area (Å²) in [6, 6.07) is -0.681. The predicted molar refractivity (Wildman–Crippen MR) is 76.2 cm³/mol. The van der Waals surface area contributed by atoms with Crippen molar-refractivity contribution in [2.45, 2.75) is 36.7 Å². The van der Waals surface area contributed by atoms with Crippen molar-refractivity contribution in [2.24, 2.45) is 5.73 Å². The molecule has 2 aliphatic rings. The lowest BCUT2D eigenvalue weighted by Crippen LogP contribution is -2.57. The molecule has 3 rings (SSSR count). The van der Waals surface area contributed by atoms with E-state index in [1.165, 1.54) is 11.3 Å². The van der Waals surface area contributed by atoms with E-state index in [2.05, 4.69) is 21.2 Å². The second-order valence-electron chi connectivity index (χ2n) is 5.79. The van der Waals surface area contributed by atoms with E-state index in [1.54, 1.807) is 0 Å². The highest BCUT2D eigenvalue weighted by Crippen LogP contribution is 2.42. The van der Waals surface area contributed by atoms with Gasteiger partial charge in [-0.2, -0.15) is 8.78 Å². The Bertz CT molecular complexity index is 650. The second-order valence-corrected chi connectivity index (χ2v) is 6.80. The van der Waals surface area contributed by atoms with Crippen LogP contribution < -0.4 is 11.1 Å². The number of nitrogens with two attached hydrogens (primary N) is 1. The summed E-state index contributed by atoms with van der Waals surface area (Å²) in [6.45, 7) is -0.817. The summed E-state index contributed by atoms with van der Waals surface area (Å²) < 4.78 is 27.4. The van der Waals surface area contributed by atoms with Crippen molar-refractivity contribution in [3.63, 3.8) is 0 Å². The Morgan fingerprint density at radius 3 is 2.74 bits per heavy atom. The lowest BCUT2D eigenvalue weighted by molar-refractivity contribution is -0.185. The first-order valence-corrected chi connectivity index (χ1v) is 7.84. The Kier molecular flexibility index (Phi) is 3.71. The van der Waals surface area contributed by atoms with Crippen LogP contribution in [0.1, 0.15) is 30.2 Å². The quantitative estimate of drug-likeness (QED) is 0.732. The Labute approximate surface area is 133 Å². The molecule has 2 heterocycles. The molecule has 126 valence electrons. The van der Waals surface area contributed by atoms with Gasteiger partial charge >= 0.3 is 12.0 Å². The molecule has 11 heteroatoms. The van der Waals surface area contributed by atoms with Gasteiger partial charge in [0.25, 0.3) is 5.91 Å². The summed E-state index contributed by atoms with van der Waals surface area (Å²) in [5.74, 6) is -5.63. The number of nitrogens with zero attached hydrogens (tertiary/aromatic N) is 3. The smallest absolute Gasteiger partial charge is 0.353 e. The summed E-state index contributed by atoms with van der Waals surface area (Å²) in [5.41, 5.74) is 1.98. The topological polar surface area (TPSA) is 121 Å². The number of aromatic nitrogens is 2. The zero-order chi connectivity index (χ0) is 16.8. The molecule has 1 aliphatic carbocycles. The molecule has 1 atom stereocenters. The maximum Gasteiger partial charge on any atom is 0.353 e. The number of likely N-dealkylation sites (tertiary alicyclic amines) is 1.